The van der Waals surface area contributed by atoms with Gasteiger partial charge in [-0.05, 0) is 25.0 Å². The summed E-state index contributed by atoms with van der Waals surface area (Å²) in [6, 6.07) is 4.96. The van der Waals surface area contributed by atoms with Crippen LogP contribution in [0.4, 0.5) is 4.79 Å². The lowest BCUT2D eigenvalue weighted by molar-refractivity contribution is -0.123. The van der Waals surface area contributed by atoms with E-state index >= 15 is 0 Å². The van der Waals surface area contributed by atoms with Crippen LogP contribution in [0.15, 0.2) is 29.2 Å². The summed E-state index contributed by atoms with van der Waals surface area (Å²) in [5, 5.41) is 4.74. The summed E-state index contributed by atoms with van der Waals surface area (Å²) in [6.45, 7) is -0.685. The zero-order valence-corrected chi connectivity index (χ0v) is 14.6. The average Bonchev–Trinajstić information content (AvgIpc) is 3.04. The quantitative estimate of drug-likeness (QED) is 0.749. The summed E-state index contributed by atoms with van der Waals surface area (Å²) in [4.78, 5) is 35.2. The van der Waals surface area contributed by atoms with Crippen molar-refractivity contribution in [2.45, 2.75) is 36.6 Å². The Kier molecular flexibility index (Phi) is 6.13. The molecule has 1 aromatic carbocycles. The maximum atomic E-state index is 12.0. The van der Waals surface area contributed by atoms with Crippen LogP contribution < -0.4 is 10.6 Å². The van der Waals surface area contributed by atoms with Gasteiger partial charge in [0, 0.05) is 12.3 Å². The van der Waals surface area contributed by atoms with E-state index in [2.05, 4.69) is 10.6 Å². The molecule has 0 saturated heterocycles. The van der Waals surface area contributed by atoms with Gasteiger partial charge in [-0.3, -0.25) is 10.1 Å². The van der Waals surface area contributed by atoms with Crippen LogP contribution in [0.1, 0.15) is 36.0 Å². The third-order valence-electron chi connectivity index (χ3n) is 3.78. The maximum absolute atomic E-state index is 12.0. The van der Waals surface area contributed by atoms with Crippen molar-refractivity contribution in [3.8, 4) is 0 Å². The van der Waals surface area contributed by atoms with Gasteiger partial charge in [-0.25, -0.2) is 18.0 Å². The van der Waals surface area contributed by atoms with E-state index in [0.29, 0.717) is 0 Å². The number of nitrogens with one attached hydrogen (secondary N) is 2. The fraction of sp³-hybridized carbons (Fsp3) is 0.438. The number of carbonyl (C=O) groups is 3. The fourth-order valence-electron chi connectivity index (χ4n) is 2.62. The van der Waals surface area contributed by atoms with Gasteiger partial charge in [0.25, 0.3) is 5.91 Å². The highest BCUT2D eigenvalue weighted by Gasteiger charge is 2.21. The molecule has 0 aliphatic heterocycles. The number of benzene rings is 1. The van der Waals surface area contributed by atoms with Gasteiger partial charge in [0.05, 0.1) is 10.5 Å². The molecule has 1 aliphatic rings. The zero-order valence-electron chi connectivity index (χ0n) is 13.8. The van der Waals surface area contributed by atoms with E-state index < -0.39 is 34.4 Å². The molecule has 0 spiro atoms. The minimum absolute atomic E-state index is 0.0528. The average molecular weight is 368 g/mol. The molecule has 0 radical (unpaired) electrons. The zero-order chi connectivity index (χ0) is 18.4. The number of esters is 1. The Balaban J connectivity index is 1.87. The van der Waals surface area contributed by atoms with Crippen molar-refractivity contribution in [1.29, 1.82) is 0 Å². The lowest BCUT2D eigenvalue weighted by Crippen LogP contribution is -2.45. The van der Waals surface area contributed by atoms with Gasteiger partial charge in [0.2, 0.25) is 0 Å². The predicted molar refractivity (Wildman–Crippen MR) is 88.8 cm³/mol. The molecule has 136 valence electrons. The summed E-state index contributed by atoms with van der Waals surface area (Å²) < 4.78 is 28.1. The molecular weight excluding hydrogens is 348 g/mol. The molecule has 0 atom stereocenters. The fourth-order valence-corrected chi connectivity index (χ4v) is 3.50. The number of carbonyl (C=O) groups excluding carboxylic acids is 3. The van der Waals surface area contributed by atoms with Crippen molar-refractivity contribution in [1.82, 2.24) is 10.6 Å². The van der Waals surface area contributed by atoms with Gasteiger partial charge in [-0.2, -0.15) is 0 Å². The molecule has 2 rings (SSSR count). The molecule has 2 N–H and O–H groups in total. The molecule has 9 heteroatoms. The number of urea groups is 1. The molecule has 1 saturated carbocycles. The topological polar surface area (TPSA) is 119 Å². The normalized spacial score (nSPS) is 14.8. The maximum Gasteiger partial charge on any atom is 0.339 e. The number of hydrogen-bond donors (Lipinski definition) is 2. The third kappa shape index (κ3) is 5.56. The van der Waals surface area contributed by atoms with Gasteiger partial charge in [0.15, 0.2) is 16.4 Å². The van der Waals surface area contributed by atoms with E-state index in [1.807, 2.05) is 0 Å². The molecule has 0 bridgehead atoms. The number of imide groups is 1. The summed E-state index contributed by atoms with van der Waals surface area (Å²) >= 11 is 0. The highest BCUT2D eigenvalue weighted by Crippen LogP contribution is 2.17. The van der Waals surface area contributed by atoms with Crippen LogP contribution in [-0.4, -0.2) is 45.2 Å². The second-order valence-corrected chi connectivity index (χ2v) is 7.83. The number of ether oxygens (including phenoxy) is 1. The van der Waals surface area contributed by atoms with Crippen LogP contribution in [-0.2, 0) is 19.4 Å². The third-order valence-corrected chi connectivity index (χ3v) is 4.94. The number of rotatable bonds is 5. The second-order valence-electron chi connectivity index (χ2n) is 5.85. The Labute approximate surface area is 145 Å². The number of sulfone groups is 1. The Hall–Kier alpha value is -2.42. The Morgan fingerprint density at radius 3 is 2.44 bits per heavy atom. The van der Waals surface area contributed by atoms with Gasteiger partial charge in [-0.15, -0.1) is 0 Å². The summed E-state index contributed by atoms with van der Waals surface area (Å²) in [5.41, 5.74) is -0.159. The van der Waals surface area contributed by atoms with Gasteiger partial charge in [-0.1, -0.05) is 25.0 Å². The van der Waals surface area contributed by atoms with E-state index in [1.54, 1.807) is 0 Å². The van der Waals surface area contributed by atoms with Crippen molar-refractivity contribution in [3.05, 3.63) is 29.8 Å². The smallest absolute Gasteiger partial charge is 0.339 e. The van der Waals surface area contributed by atoms with E-state index in [0.717, 1.165) is 31.9 Å². The minimum atomic E-state index is -3.62. The summed E-state index contributed by atoms with van der Waals surface area (Å²) in [7, 11) is -3.62. The molecule has 8 nitrogen and oxygen atoms in total. The highest BCUT2D eigenvalue weighted by atomic mass is 32.2. The van der Waals surface area contributed by atoms with E-state index in [1.165, 1.54) is 24.3 Å². The van der Waals surface area contributed by atoms with Crippen LogP contribution in [0.2, 0.25) is 0 Å². The first-order valence-corrected chi connectivity index (χ1v) is 9.73. The SMILES string of the molecule is CS(=O)(=O)c1ccccc1C(=O)OCC(=O)NC(=O)NC1CCCC1. The largest absolute Gasteiger partial charge is 0.452 e. The van der Waals surface area contributed by atoms with Crippen LogP contribution in [0.25, 0.3) is 0 Å². The van der Waals surface area contributed by atoms with Gasteiger partial charge >= 0.3 is 12.0 Å². The molecule has 1 fully saturated rings. The molecule has 3 amide bonds. The first-order chi connectivity index (χ1) is 11.8. The first kappa shape index (κ1) is 18.9. The van der Waals surface area contributed by atoms with Crippen molar-refractivity contribution in [2.75, 3.05) is 12.9 Å². The Morgan fingerprint density at radius 1 is 1.16 bits per heavy atom. The Morgan fingerprint density at radius 2 is 1.80 bits per heavy atom. The summed E-state index contributed by atoms with van der Waals surface area (Å²) in [6.07, 6.45) is 4.80. The van der Waals surface area contributed by atoms with Gasteiger partial charge < -0.3 is 10.1 Å². The van der Waals surface area contributed by atoms with Crippen molar-refractivity contribution in [2.24, 2.45) is 0 Å². The minimum Gasteiger partial charge on any atom is -0.452 e. The van der Waals surface area contributed by atoms with E-state index in [9.17, 15) is 22.8 Å². The highest BCUT2D eigenvalue weighted by molar-refractivity contribution is 7.90. The predicted octanol–water partition coefficient (Wildman–Crippen LogP) is 1.02. The molecule has 0 heterocycles. The van der Waals surface area contributed by atoms with Crippen LogP contribution in [0.3, 0.4) is 0 Å². The van der Waals surface area contributed by atoms with Crippen LogP contribution in [0.5, 0.6) is 0 Å². The van der Waals surface area contributed by atoms with Crippen LogP contribution >= 0.6 is 0 Å². The monoisotopic (exact) mass is 368 g/mol. The lowest BCUT2D eigenvalue weighted by atomic mass is 10.2. The molecule has 1 aliphatic carbocycles. The molecule has 25 heavy (non-hydrogen) atoms. The van der Waals surface area contributed by atoms with Gasteiger partial charge in [0.1, 0.15) is 0 Å². The number of hydrogen-bond acceptors (Lipinski definition) is 6. The first-order valence-electron chi connectivity index (χ1n) is 7.84. The van der Waals surface area contributed by atoms with E-state index in [-0.39, 0.29) is 16.5 Å². The van der Waals surface area contributed by atoms with Crippen molar-refractivity contribution in [3.63, 3.8) is 0 Å². The van der Waals surface area contributed by atoms with Crippen molar-refractivity contribution >= 4 is 27.7 Å². The summed E-state index contributed by atoms with van der Waals surface area (Å²) in [5.74, 6) is -1.74. The standard InChI is InChI=1S/C16H20N2O6S/c1-25(22,23)13-9-5-4-8-12(13)15(20)24-10-14(19)18-16(21)17-11-6-2-3-7-11/h4-5,8-9,11H,2-3,6-7,10H2,1H3,(H2,17,18,19,21). The molecule has 0 unspecified atom stereocenters. The second kappa shape index (κ2) is 8.11. The molecular formula is C16H20N2O6S. The van der Waals surface area contributed by atoms with Crippen LogP contribution in [0, 0.1) is 0 Å². The Bertz CT molecular complexity index is 769. The number of amides is 3. The van der Waals surface area contributed by atoms with E-state index in [4.69, 9.17) is 4.74 Å². The molecule has 0 aromatic heterocycles. The lowest BCUT2D eigenvalue weighted by Gasteiger charge is -2.12. The van der Waals surface area contributed by atoms with Crippen molar-refractivity contribution < 1.29 is 27.5 Å². The molecule has 1 aromatic rings.